The van der Waals surface area contributed by atoms with Crippen molar-refractivity contribution in [3.8, 4) is 0 Å². The van der Waals surface area contributed by atoms with E-state index < -0.39 is 17.2 Å². The number of rotatable bonds is 2. The van der Waals surface area contributed by atoms with E-state index in [1.54, 1.807) is 6.07 Å². The number of hydrogen-bond acceptors (Lipinski definition) is 5. The van der Waals surface area contributed by atoms with E-state index in [0.29, 0.717) is 0 Å². The maximum absolute atomic E-state index is 11.7. The van der Waals surface area contributed by atoms with Gasteiger partial charge in [0.15, 0.2) is 10.9 Å². The molecule has 0 aliphatic carbocycles. The summed E-state index contributed by atoms with van der Waals surface area (Å²) in [5, 5.41) is 4.94. The maximum Gasteiger partial charge on any atom is 0.332 e. The van der Waals surface area contributed by atoms with Crippen LogP contribution in [0.25, 0.3) is 0 Å². The predicted octanol–water partition coefficient (Wildman–Crippen LogP) is -0.196. The molecule has 0 fully saturated rings. The van der Waals surface area contributed by atoms with E-state index in [9.17, 15) is 14.4 Å². The van der Waals surface area contributed by atoms with Gasteiger partial charge in [-0.15, -0.1) is 0 Å². The summed E-state index contributed by atoms with van der Waals surface area (Å²) < 4.78 is 7.07. The van der Waals surface area contributed by atoms with Gasteiger partial charge in [0, 0.05) is 20.2 Å². The summed E-state index contributed by atoms with van der Waals surface area (Å²) in [5.74, 6) is -0.267. The van der Waals surface area contributed by atoms with Crippen molar-refractivity contribution in [2.24, 2.45) is 14.1 Å². The van der Waals surface area contributed by atoms with Crippen LogP contribution in [0.4, 0.5) is 5.82 Å². The van der Waals surface area contributed by atoms with Gasteiger partial charge in [0.1, 0.15) is 5.82 Å². The molecular formula is C12H12N4O4S. The number of furan rings is 1. The average molecular weight is 308 g/mol. The third kappa shape index (κ3) is 3.08. The van der Waals surface area contributed by atoms with Gasteiger partial charge in [-0.25, -0.2) is 4.79 Å². The molecule has 0 bridgehead atoms. The monoisotopic (exact) mass is 308 g/mol. The first kappa shape index (κ1) is 14.7. The highest BCUT2D eigenvalue weighted by Crippen LogP contribution is 2.01. The van der Waals surface area contributed by atoms with E-state index >= 15 is 0 Å². The van der Waals surface area contributed by atoms with Gasteiger partial charge in [0.05, 0.1) is 6.26 Å². The first-order chi connectivity index (χ1) is 9.90. The van der Waals surface area contributed by atoms with Crippen LogP contribution in [0.3, 0.4) is 0 Å². The summed E-state index contributed by atoms with van der Waals surface area (Å²) in [7, 11) is 2.84. The summed E-state index contributed by atoms with van der Waals surface area (Å²) >= 11 is 4.96. The zero-order valence-electron chi connectivity index (χ0n) is 11.2. The van der Waals surface area contributed by atoms with Gasteiger partial charge in [-0.05, 0) is 24.4 Å². The zero-order valence-corrected chi connectivity index (χ0v) is 12.1. The molecule has 2 rings (SSSR count). The van der Waals surface area contributed by atoms with Crippen LogP contribution in [-0.4, -0.2) is 20.2 Å². The lowest BCUT2D eigenvalue weighted by Gasteiger charge is -2.12. The van der Waals surface area contributed by atoms with E-state index in [2.05, 4.69) is 10.6 Å². The number of anilines is 1. The molecule has 8 nitrogen and oxygen atoms in total. The Balaban J connectivity index is 2.16. The van der Waals surface area contributed by atoms with Crippen molar-refractivity contribution in [2.75, 3.05) is 5.32 Å². The number of thiocarbonyl (C=S) groups is 1. The minimum absolute atomic E-state index is 0.0559. The molecule has 0 saturated carbocycles. The topological polar surface area (TPSA) is 98.3 Å². The van der Waals surface area contributed by atoms with Gasteiger partial charge in [-0.1, -0.05) is 0 Å². The number of carbonyl (C=O) groups is 1. The molecule has 0 spiro atoms. The summed E-state index contributed by atoms with van der Waals surface area (Å²) in [5.41, 5.74) is -0.995. The van der Waals surface area contributed by atoms with Crippen molar-refractivity contribution >= 4 is 29.1 Å². The van der Waals surface area contributed by atoms with Crippen LogP contribution in [0.1, 0.15) is 10.6 Å². The fourth-order valence-corrected chi connectivity index (χ4v) is 1.77. The van der Waals surface area contributed by atoms with Gasteiger partial charge in [0.25, 0.3) is 11.5 Å². The fraction of sp³-hybridized carbons (Fsp3) is 0.167. The molecule has 9 heteroatoms. The van der Waals surface area contributed by atoms with Crippen LogP contribution in [0, 0.1) is 0 Å². The van der Waals surface area contributed by atoms with Crippen molar-refractivity contribution < 1.29 is 9.21 Å². The van der Waals surface area contributed by atoms with Crippen LogP contribution in [0.15, 0.2) is 38.5 Å². The minimum atomic E-state index is -0.536. The van der Waals surface area contributed by atoms with Crippen LogP contribution >= 0.6 is 12.2 Å². The number of nitrogens with zero attached hydrogens (tertiary/aromatic N) is 2. The van der Waals surface area contributed by atoms with Crippen LogP contribution in [0.2, 0.25) is 0 Å². The third-order valence-corrected chi connectivity index (χ3v) is 2.94. The molecule has 110 valence electrons. The summed E-state index contributed by atoms with van der Waals surface area (Å²) in [6.07, 6.45) is 1.36. The molecule has 1 amide bonds. The molecule has 2 N–H and O–H groups in total. The van der Waals surface area contributed by atoms with E-state index in [1.165, 1.54) is 37.1 Å². The van der Waals surface area contributed by atoms with E-state index in [-0.39, 0.29) is 16.7 Å². The molecule has 0 radical (unpaired) electrons. The molecule has 0 unspecified atom stereocenters. The number of nitrogens with one attached hydrogen (secondary N) is 2. The maximum atomic E-state index is 11.7. The largest absolute Gasteiger partial charge is 0.459 e. The third-order valence-electron chi connectivity index (χ3n) is 2.74. The Bertz CT molecular complexity index is 804. The highest BCUT2D eigenvalue weighted by molar-refractivity contribution is 7.80. The van der Waals surface area contributed by atoms with Gasteiger partial charge in [-0.3, -0.25) is 24.0 Å². The Labute approximate surface area is 124 Å². The Morgan fingerprint density at radius 3 is 2.62 bits per heavy atom. The van der Waals surface area contributed by atoms with Crippen molar-refractivity contribution in [2.45, 2.75) is 0 Å². The first-order valence-corrected chi connectivity index (χ1v) is 6.24. The normalized spacial score (nSPS) is 10.2. The van der Waals surface area contributed by atoms with Gasteiger partial charge in [0.2, 0.25) is 0 Å². The molecular weight excluding hydrogens is 296 g/mol. The van der Waals surface area contributed by atoms with Crippen molar-refractivity contribution in [1.29, 1.82) is 0 Å². The Morgan fingerprint density at radius 1 is 1.29 bits per heavy atom. The summed E-state index contributed by atoms with van der Waals surface area (Å²) in [6.45, 7) is 0. The van der Waals surface area contributed by atoms with Crippen LogP contribution in [-0.2, 0) is 14.1 Å². The molecule has 2 heterocycles. The summed E-state index contributed by atoms with van der Waals surface area (Å²) in [4.78, 5) is 35.0. The van der Waals surface area contributed by atoms with Gasteiger partial charge >= 0.3 is 5.69 Å². The van der Waals surface area contributed by atoms with Gasteiger partial charge < -0.3 is 9.73 Å². The molecule has 2 aromatic rings. The lowest BCUT2D eigenvalue weighted by Crippen LogP contribution is -2.40. The molecule has 0 aliphatic rings. The lowest BCUT2D eigenvalue weighted by atomic mass is 10.4. The minimum Gasteiger partial charge on any atom is -0.459 e. The number of carbonyl (C=O) groups excluding carboxylic acids is 1. The Hall–Kier alpha value is -2.68. The zero-order chi connectivity index (χ0) is 15.6. The first-order valence-electron chi connectivity index (χ1n) is 5.83. The molecule has 0 saturated heterocycles. The molecule has 0 aromatic carbocycles. The van der Waals surface area contributed by atoms with Gasteiger partial charge in [-0.2, -0.15) is 0 Å². The smallest absolute Gasteiger partial charge is 0.332 e. The van der Waals surface area contributed by atoms with E-state index in [1.807, 2.05) is 0 Å². The summed E-state index contributed by atoms with van der Waals surface area (Å²) in [6, 6.07) is 4.24. The second-order valence-electron chi connectivity index (χ2n) is 4.15. The standard InChI is InChI=1S/C12H12N4O4S/c1-15-8(6-9(17)16(2)12(15)19)13-11(21)14-10(18)7-4-3-5-20-7/h3-6H,1-2H3,(H2,13,14,18,21). The second-order valence-corrected chi connectivity index (χ2v) is 4.56. The van der Waals surface area contributed by atoms with Crippen molar-refractivity contribution in [1.82, 2.24) is 14.5 Å². The molecule has 0 atom stereocenters. The molecule has 2 aromatic heterocycles. The van der Waals surface area contributed by atoms with E-state index in [4.69, 9.17) is 16.6 Å². The SMILES string of the molecule is Cn1c(NC(=S)NC(=O)c2ccco2)cc(=O)n(C)c1=O. The number of aromatic nitrogens is 2. The molecule has 0 aliphatic heterocycles. The van der Waals surface area contributed by atoms with Crippen LogP contribution < -0.4 is 21.9 Å². The quantitative estimate of drug-likeness (QED) is 0.746. The predicted molar refractivity (Wildman–Crippen MR) is 79.3 cm³/mol. The fourth-order valence-electron chi connectivity index (χ4n) is 1.57. The Morgan fingerprint density at radius 2 is 2.00 bits per heavy atom. The number of amides is 1. The highest BCUT2D eigenvalue weighted by atomic mass is 32.1. The van der Waals surface area contributed by atoms with Crippen LogP contribution in [0.5, 0.6) is 0 Å². The van der Waals surface area contributed by atoms with E-state index in [0.717, 1.165) is 4.57 Å². The van der Waals surface area contributed by atoms with Crippen molar-refractivity contribution in [3.05, 3.63) is 51.1 Å². The average Bonchev–Trinajstić information content (AvgIpc) is 2.96. The number of hydrogen-bond donors (Lipinski definition) is 2. The second kappa shape index (κ2) is 5.75. The Kier molecular flexibility index (Phi) is 4.03. The lowest BCUT2D eigenvalue weighted by molar-refractivity contribution is 0.0950. The van der Waals surface area contributed by atoms with Crippen molar-refractivity contribution in [3.63, 3.8) is 0 Å². The highest BCUT2D eigenvalue weighted by Gasteiger charge is 2.12. The molecule has 21 heavy (non-hydrogen) atoms.